The van der Waals surface area contributed by atoms with E-state index in [1.807, 2.05) is 11.9 Å². The molecule has 1 fully saturated rings. The van der Waals surface area contributed by atoms with E-state index in [0.29, 0.717) is 11.9 Å². The molecule has 1 rings (SSSR count). The van der Waals surface area contributed by atoms with Crippen LogP contribution in [0.1, 0.15) is 58.8 Å². The maximum absolute atomic E-state index is 12.5. The fourth-order valence-corrected chi connectivity index (χ4v) is 2.81. The highest BCUT2D eigenvalue weighted by Crippen LogP contribution is 2.19. The second-order valence-corrected chi connectivity index (χ2v) is 5.53. The van der Waals surface area contributed by atoms with Crippen molar-refractivity contribution in [1.82, 2.24) is 10.2 Å². The molecule has 0 spiro atoms. The first-order chi connectivity index (χ1) is 8.70. The van der Waals surface area contributed by atoms with E-state index in [1.165, 1.54) is 19.3 Å². The Labute approximate surface area is 112 Å². The number of hydrogen-bond donors (Lipinski definition) is 1. The molecule has 0 bridgehead atoms. The summed E-state index contributed by atoms with van der Waals surface area (Å²) in [5.74, 6) is 0.615. The van der Waals surface area contributed by atoms with E-state index in [0.717, 1.165) is 38.8 Å². The van der Waals surface area contributed by atoms with Crippen LogP contribution in [0.25, 0.3) is 0 Å². The molecule has 0 aromatic rings. The summed E-state index contributed by atoms with van der Waals surface area (Å²) in [5, 5.41) is 3.41. The Morgan fingerprint density at radius 3 is 2.78 bits per heavy atom. The minimum atomic E-state index is 0.242. The Kier molecular flexibility index (Phi) is 7.33. The summed E-state index contributed by atoms with van der Waals surface area (Å²) in [5.41, 5.74) is 0. The van der Waals surface area contributed by atoms with Crippen molar-refractivity contribution in [2.45, 2.75) is 64.8 Å². The van der Waals surface area contributed by atoms with Crippen LogP contribution in [0.5, 0.6) is 0 Å². The second-order valence-electron chi connectivity index (χ2n) is 5.53. The first-order valence-electron chi connectivity index (χ1n) is 7.68. The van der Waals surface area contributed by atoms with Gasteiger partial charge in [-0.25, -0.2) is 0 Å². The van der Waals surface area contributed by atoms with E-state index in [4.69, 9.17) is 0 Å². The molecule has 1 heterocycles. The van der Waals surface area contributed by atoms with E-state index >= 15 is 0 Å². The SMILES string of the molecule is CCCCC(CC)C(=O)N(C)C1CCCNCC1. The van der Waals surface area contributed by atoms with Crippen molar-refractivity contribution in [3.63, 3.8) is 0 Å². The first kappa shape index (κ1) is 15.5. The lowest BCUT2D eigenvalue weighted by Gasteiger charge is -2.30. The Morgan fingerprint density at radius 1 is 1.33 bits per heavy atom. The van der Waals surface area contributed by atoms with Crippen LogP contribution in [0.2, 0.25) is 0 Å². The van der Waals surface area contributed by atoms with Crippen molar-refractivity contribution in [1.29, 1.82) is 0 Å². The second kappa shape index (κ2) is 8.52. The molecule has 3 nitrogen and oxygen atoms in total. The molecule has 106 valence electrons. The third-order valence-corrected chi connectivity index (χ3v) is 4.19. The predicted octanol–water partition coefficient (Wildman–Crippen LogP) is 2.80. The van der Waals surface area contributed by atoms with Gasteiger partial charge in [-0.05, 0) is 45.2 Å². The molecular weight excluding hydrogens is 224 g/mol. The van der Waals surface area contributed by atoms with Crippen molar-refractivity contribution in [3.05, 3.63) is 0 Å². The number of nitrogens with zero attached hydrogens (tertiary/aromatic N) is 1. The van der Waals surface area contributed by atoms with E-state index in [1.54, 1.807) is 0 Å². The summed E-state index contributed by atoms with van der Waals surface area (Å²) in [6.45, 7) is 6.48. The van der Waals surface area contributed by atoms with Gasteiger partial charge in [-0.3, -0.25) is 4.79 Å². The van der Waals surface area contributed by atoms with Gasteiger partial charge in [0, 0.05) is 19.0 Å². The lowest BCUT2D eigenvalue weighted by Crippen LogP contribution is -2.41. The number of carbonyl (C=O) groups is 1. The van der Waals surface area contributed by atoms with Gasteiger partial charge in [0.1, 0.15) is 0 Å². The normalized spacial score (nSPS) is 22.3. The number of nitrogens with one attached hydrogen (secondary N) is 1. The lowest BCUT2D eigenvalue weighted by molar-refractivity contribution is -0.136. The average Bonchev–Trinajstić information content (AvgIpc) is 2.67. The zero-order valence-corrected chi connectivity index (χ0v) is 12.4. The summed E-state index contributed by atoms with van der Waals surface area (Å²) in [6.07, 6.45) is 7.83. The fourth-order valence-electron chi connectivity index (χ4n) is 2.81. The summed E-state index contributed by atoms with van der Waals surface area (Å²) < 4.78 is 0. The van der Waals surface area contributed by atoms with Crippen molar-refractivity contribution in [2.24, 2.45) is 5.92 Å². The van der Waals surface area contributed by atoms with Crippen LogP contribution in [0.3, 0.4) is 0 Å². The smallest absolute Gasteiger partial charge is 0.225 e. The van der Waals surface area contributed by atoms with Gasteiger partial charge in [-0.2, -0.15) is 0 Å². The van der Waals surface area contributed by atoms with E-state index in [2.05, 4.69) is 19.2 Å². The lowest BCUT2D eigenvalue weighted by atomic mass is 9.96. The molecule has 0 aromatic heterocycles. The van der Waals surface area contributed by atoms with E-state index in [-0.39, 0.29) is 5.92 Å². The Balaban J connectivity index is 2.51. The quantitative estimate of drug-likeness (QED) is 0.790. The molecule has 0 radical (unpaired) electrons. The maximum atomic E-state index is 12.5. The number of rotatable bonds is 6. The summed E-state index contributed by atoms with van der Waals surface area (Å²) in [6, 6.07) is 0.447. The molecule has 1 aliphatic rings. The fraction of sp³-hybridized carbons (Fsp3) is 0.933. The Hall–Kier alpha value is -0.570. The first-order valence-corrected chi connectivity index (χ1v) is 7.68. The number of hydrogen-bond acceptors (Lipinski definition) is 2. The van der Waals surface area contributed by atoms with Crippen LogP contribution >= 0.6 is 0 Å². The summed E-state index contributed by atoms with van der Waals surface area (Å²) >= 11 is 0. The van der Waals surface area contributed by atoms with Crippen molar-refractivity contribution in [3.8, 4) is 0 Å². The van der Waals surface area contributed by atoms with Crippen LogP contribution in [0.15, 0.2) is 0 Å². The zero-order chi connectivity index (χ0) is 13.4. The standard InChI is InChI=1S/C15H30N2O/c1-4-6-8-13(5-2)15(18)17(3)14-9-7-11-16-12-10-14/h13-14,16H,4-12H2,1-3H3. The minimum absolute atomic E-state index is 0.242. The molecule has 2 atom stereocenters. The third-order valence-electron chi connectivity index (χ3n) is 4.19. The van der Waals surface area contributed by atoms with Crippen molar-refractivity contribution in [2.75, 3.05) is 20.1 Å². The van der Waals surface area contributed by atoms with Crippen LogP contribution in [-0.2, 0) is 4.79 Å². The monoisotopic (exact) mass is 254 g/mol. The van der Waals surface area contributed by atoms with Crippen LogP contribution in [-0.4, -0.2) is 37.0 Å². The van der Waals surface area contributed by atoms with E-state index < -0.39 is 0 Å². The van der Waals surface area contributed by atoms with Gasteiger partial charge >= 0.3 is 0 Å². The van der Waals surface area contributed by atoms with Gasteiger partial charge in [0.25, 0.3) is 0 Å². The third kappa shape index (κ3) is 4.60. The van der Waals surface area contributed by atoms with Gasteiger partial charge in [0.15, 0.2) is 0 Å². The number of carbonyl (C=O) groups excluding carboxylic acids is 1. The summed E-state index contributed by atoms with van der Waals surface area (Å²) in [7, 11) is 2.01. The molecule has 0 aromatic carbocycles. The molecule has 1 saturated heterocycles. The van der Waals surface area contributed by atoms with Gasteiger partial charge in [0.05, 0.1) is 0 Å². The van der Waals surface area contributed by atoms with Gasteiger partial charge in [-0.1, -0.05) is 26.7 Å². The molecule has 0 saturated carbocycles. The highest BCUT2D eigenvalue weighted by atomic mass is 16.2. The molecule has 0 aliphatic carbocycles. The van der Waals surface area contributed by atoms with E-state index in [9.17, 15) is 4.79 Å². The van der Waals surface area contributed by atoms with Gasteiger partial charge < -0.3 is 10.2 Å². The highest BCUT2D eigenvalue weighted by Gasteiger charge is 2.25. The topological polar surface area (TPSA) is 32.3 Å². The zero-order valence-electron chi connectivity index (χ0n) is 12.4. The average molecular weight is 254 g/mol. The maximum Gasteiger partial charge on any atom is 0.225 e. The number of unbranched alkanes of at least 4 members (excludes halogenated alkanes) is 1. The van der Waals surface area contributed by atoms with Gasteiger partial charge in [0.2, 0.25) is 5.91 Å². The van der Waals surface area contributed by atoms with Crippen molar-refractivity contribution >= 4 is 5.91 Å². The molecule has 1 amide bonds. The molecule has 1 aliphatic heterocycles. The molecule has 2 unspecified atom stereocenters. The highest BCUT2D eigenvalue weighted by molar-refractivity contribution is 5.78. The molecule has 18 heavy (non-hydrogen) atoms. The minimum Gasteiger partial charge on any atom is -0.342 e. The van der Waals surface area contributed by atoms with Crippen molar-refractivity contribution < 1.29 is 4.79 Å². The van der Waals surface area contributed by atoms with Crippen LogP contribution in [0, 0.1) is 5.92 Å². The Morgan fingerprint density at radius 2 is 2.11 bits per heavy atom. The predicted molar refractivity (Wildman–Crippen MR) is 76.6 cm³/mol. The van der Waals surface area contributed by atoms with Crippen LogP contribution < -0.4 is 5.32 Å². The molecule has 1 N–H and O–H groups in total. The molecular formula is C15H30N2O. The number of amides is 1. The largest absolute Gasteiger partial charge is 0.342 e. The Bertz CT molecular complexity index is 235. The summed E-state index contributed by atoms with van der Waals surface area (Å²) in [4.78, 5) is 14.5. The van der Waals surface area contributed by atoms with Gasteiger partial charge in [-0.15, -0.1) is 0 Å². The molecule has 3 heteroatoms. The van der Waals surface area contributed by atoms with Crippen LogP contribution in [0.4, 0.5) is 0 Å².